The Bertz CT molecular complexity index is 1050. The molecule has 1 aliphatic heterocycles. The van der Waals surface area contributed by atoms with Gasteiger partial charge >= 0.3 is 6.36 Å². The Morgan fingerprint density at radius 1 is 1.10 bits per heavy atom. The van der Waals surface area contributed by atoms with E-state index in [2.05, 4.69) is 10.1 Å². The van der Waals surface area contributed by atoms with E-state index in [0.29, 0.717) is 0 Å². The number of para-hydroxylation sites is 2. The summed E-state index contributed by atoms with van der Waals surface area (Å²) >= 11 is 0. The number of sulfonamides is 1. The van der Waals surface area contributed by atoms with Crippen LogP contribution in [-0.2, 0) is 14.8 Å². The molecule has 1 N–H and O–H groups in total. The number of halogens is 3. The molecule has 2 aromatic carbocycles. The molecule has 1 amide bonds. The van der Waals surface area contributed by atoms with Crippen LogP contribution in [0.4, 0.5) is 18.9 Å². The lowest BCUT2D eigenvalue weighted by Crippen LogP contribution is -2.48. The lowest BCUT2D eigenvalue weighted by atomic mass is 10.2. The second kappa shape index (κ2) is 8.85. The number of nitrogens with one attached hydrogen (secondary N) is 1. The Labute approximate surface area is 177 Å². The molecule has 0 aromatic heterocycles. The Kier molecular flexibility index (Phi) is 6.58. The first-order chi connectivity index (χ1) is 14.5. The number of nitrogens with zero attached hydrogens (tertiary/aromatic N) is 1. The predicted octanol–water partition coefficient (Wildman–Crippen LogP) is 3.64. The summed E-state index contributed by atoms with van der Waals surface area (Å²) in [4.78, 5) is 12.5. The highest BCUT2D eigenvalue weighted by molar-refractivity contribution is 7.89. The van der Waals surface area contributed by atoms with Gasteiger partial charge in [0.25, 0.3) is 5.91 Å². The average Bonchev–Trinajstić information content (AvgIpc) is 2.67. The fourth-order valence-electron chi connectivity index (χ4n) is 3.25. The summed E-state index contributed by atoms with van der Waals surface area (Å²) in [6.45, 7) is 3.88. The number of morpholine rings is 1. The third kappa shape index (κ3) is 5.75. The molecule has 0 saturated carbocycles. The van der Waals surface area contributed by atoms with Gasteiger partial charge in [-0.25, -0.2) is 8.42 Å². The van der Waals surface area contributed by atoms with Gasteiger partial charge in [0.05, 0.1) is 22.8 Å². The third-order valence-electron chi connectivity index (χ3n) is 4.48. The van der Waals surface area contributed by atoms with E-state index in [-0.39, 0.29) is 41.4 Å². The molecule has 0 aliphatic carbocycles. The summed E-state index contributed by atoms with van der Waals surface area (Å²) in [6.07, 6.45) is -5.49. The number of benzene rings is 2. The van der Waals surface area contributed by atoms with E-state index in [9.17, 15) is 26.4 Å². The molecule has 1 fully saturated rings. The Morgan fingerprint density at radius 2 is 1.74 bits per heavy atom. The van der Waals surface area contributed by atoms with Crippen LogP contribution in [0.3, 0.4) is 0 Å². The van der Waals surface area contributed by atoms with Crippen molar-refractivity contribution in [1.82, 2.24) is 4.31 Å². The van der Waals surface area contributed by atoms with Crippen LogP contribution >= 0.6 is 0 Å². The van der Waals surface area contributed by atoms with Crippen LogP contribution in [0.1, 0.15) is 24.2 Å². The normalized spacial score (nSPS) is 20.3. The maximum absolute atomic E-state index is 13.0. The molecule has 2 aromatic rings. The molecular weight excluding hydrogens is 437 g/mol. The molecule has 168 valence electrons. The van der Waals surface area contributed by atoms with Crippen LogP contribution in [-0.4, -0.2) is 50.3 Å². The van der Waals surface area contributed by atoms with Crippen molar-refractivity contribution in [2.45, 2.75) is 37.3 Å². The van der Waals surface area contributed by atoms with E-state index in [4.69, 9.17) is 4.74 Å². The number of alkyl halides is 3. The predicted molar refractivity (Wildman–Crippen MR) is 106 cm³/mol. The van der Waals surface area contributed by atoms with Crippen molar-refractivity contribution in [3.63, 3.8) is 0 Å². The lowest BCUT2D eigenvalue weighted by Gasteiger charge is -2.34. The van der Waals surface area contributed by atoms with Gasteiger partial charge in [-0.2, -0.15) is 4.31 Å². The lowest BCUT2D eigenvalue weighted by molar-refractivity contribution is -0.274. The van der Waals surface area contributed by atoms with E-state index in [1.165, 1.54) is 46.8 Å². The quantitative estimate of drug-likeness (QED) is 0.740. The minimum absolute atomic E-state index is 0.0303. The first kappa shape index (κ1) is 23.0. The van der Waals surface area contributed by atoms with Crippen LogP contribution in [0.25, 0.3) is 0 Å². The Balaban J connectivity index is 1.83. The number of hydrogen-bond donors (Lipinski definition) is 1. The van der Waals surface area contributed by atoms with Gasteiger partial charge in [0.15, 0.2) is 5.75 Å². The highest BCUT2D eigenvalue weighted by atomic mass is 32.2. The fraction of sp³-hybridized carbons (Fsp3) is 0.350. The first-order valence-electron chi connectivity index (χ1n) is 9.37. The number of carbonyl (C=O) groups excluding carboxylic acids is 1. The summed E-state index contributed by atoms with van der Waals surface area (Å²) in [5, 5.41) is 2.33. The van der Waals surface area contributed by atoms with Gasteiger partial charge in [-0.1, -0.05) is 18.2 Å². The van der Waals surface area contributed by atoms with Gasteiger partial charge in [0.2, 0.25) is 10.0 Å². The van der Waals surface area contributed by atoms with Crippen LogP contribution in [0.5, 0.6) is 5.75 Å². The molecule has 1 heterocycles. The van der Waals surface area contributed by atoms with E-state index >= 15 is 0 Å². The molecule has 31 heavy (non-hydrogen) atoms. The molecule has 1 aliphatic rings. The van der Waals surface area contributed by atoms with E-state index in [0.717, 1.165) is 6.07 Å². The topological polar surface area (TPSA) is 84.9 Å². The largest absolute Gasteiger partial charge is 0.573 e. The first-order valence-corrected chi connectivity index (χ1v) is 10.8. The Hall–Kier alpha value is -2.63. The van der Waals surface area contributed by atoms with Crippen molar-refractivity contribution >= 4 is 21.6 Å². The zero-order chi connectivity index (χ0) is 22.8. The average molecular weight is 458 g/mol. The minimum atomic E-state index is -4.93. The van der Waals surface area contributed by atoms with Crippen molar-refractivity contribution in [2.75, 3.05) is 18.4 Å². The van der Waals surface area contributed by atoms with Gasteiger partial charge < -0.3 is 14.8 Å². The molecule has 1 saturated heterocycles. The molecule has 2 atom stereocenters. The van der Waals surface area contributed by atoms with Crippen LogP contribution in [0.2, 0.25) is 0 Å². The maximum Gasteiger partial charge on any atom is 0.573 e. The Morgan fingerprint density at radius 3 is 2.39 bits per heavy atom. The summed E-state index contributed by atoms with van der Waals surface area (Å²) in [5.74, 6) is -1.36. The minimum Gasteiger partial charge on any atom is -0.404 e. The van der Waals surface area contributed by atoms with Gasteiger partial charge in [-0.3, -0.25) is 4.79 Å². The molecular formula is C20H21F3N2O5S. The van der Waals surface area contributed by atoms with Crippen LogP contribution in [0.15, 0.2) is 53.4 Å². The van der Waals surface area contributed by atoms with Gasteiger partial charge in [-0.15, -0.1) is 13.2 Å². The summed E-state index contributed by atoms with van der Waals surface area (Å²) in [6, 6.07) is 10.4. The van der Waals surface area contributed by atoms with Crippen molar-refractivity contribution in [3.05, 3.63) is 54.1 Å². The highest BCUT2D eigenvalue weighted by Gasteiger charge is 2.33. The molecule has 2 unspecified atom stereocenters. The zero-order valence-electron chi connectivity index (χ0n) is 16.7. The monoisotopic (exact) mass is 458 g/mol. The van der Waals surface area contributed by atoms with E-state index in [1.807, 2.05) is 0 Å². The van der Waals surface area contributed by atoms with Gasteiger partial charge in [-0.05, 0) is 44.2 Å². The van der Waals surface area contributed by atoms with Crippen molar-refractivity contribution < 1.29 is 35.9 Å². The second-order valence-electron chi connectivity index (χ2n) is 7.11. The molecule has 0 spiro atoms. The second-order valence-corrected chi connectivity index (χ2v) is 9.04. The zero-order valence-corrected chi connectivity index (χ0v) is 17.5. The standard InChI is InChI=1S/C20H21F3N2O5S/c1-13-11-25(12-14(2)29-13)31(27,28)16-7-5-6-15(10-16)19(26)24-17-8-3-4-9-18(17)30-20(21,22)23/h3-10,13-14H,11-12H2,1-2H3,(H,24,26). The summed E-state index contributed by atoms with van der Waals surface area (Å²) in [5.41, 5.74) is -0.230. The SMILES string of the molecule is CC1CN(S(=O)(=O)c2cccc(C(=O)Nc3ccccc3OC(F)(F)F)c2)CC(C)O1. The van der Waals surface area contributed by atoms with Gasteiger partial charge in [0.1, 0.15) is 0 Å². The fourth-order valence-corrected chi connectivity index (χ4v) is 4.89. The number of hydrogen-bond acceptors (Lipinski definition) is 5. The number of amides is 1. The van der Waals surface area contributed by atoms with Crippen molar-refractivity contribution in [2.24, 2.45) is 0 Å². The summed E-state index contributed by atoms with van der Waals surface area (Å²) < 4.78 is 74.5. The molecule has 0 radical (unpaired) electrons. The van der Waals surface area contributed by atoms with Gasteiger partial charge in [0, 0.05) is 18.7 Å². The van der Waals surface area contributed by atoms with Crippen molar-refractivity contribution in [3.8, 4) is 5.75 Å². The summed E-state index contributed by atoms with van der Waals surface area (Å²) in [7, 11) is -3.89. The van der Waals surface area contributed by atoms with Crippen LogP contribution in [0, 0.1) is 0 Å². The molecule has 7 nitrogen and oxygen atoms in total. The number of anilines is 1. The van der Waals surface area contributed by atoms with Crippen LogP contribution < -0.4 is 10.1 Å². The third-order valence-corrected chi connectivity index (χ3v) is 6.31. The van der Waals surface area contributed by atoms with E-state index < -0.39 is 28.0 Å². The maximum atomic E-state index is 13.0. The molecule has 11 heteroatoms. The number of rotatable bonds is 5. The number of ether oxygens (including phenoxy) is 2. The van der Waals surface area contributed by atoms with E-state index in [1.54, 1.807) is 13.8 Å². The smallest absolute Gasteiger partial charge is 0.404 e. The molecule has 3 rings (SSSR count). The molecule has 0 bridgehead atoms. The highest BCUT2D eigenvalue weighted by Crippen LogP contribution is 2.30. The number of carbonyl (C=O) groups is 1. The van der Waals surface area contributed by atoms with Crippen molar-refractivity contribution in [1.29, 1.82) is 0 Å².